The van der Waals surface area contributed by atoms with Crippen LogP contribution < -0.4 is 5.73 Å². The molecule has 0 saturated carbocycles. The summed E-state index contributed by atoms with van der Waals surface area (Å²) in [7, 11) is 0. The van der Waals surface area contributed by atoms with Crippen molar-refractivity contribution in [3.63, 3.8) is 0 Å². The third-order valence-corrected chi connectivity index (χ3v) is 3.34. The van der Waals surface area contributed by atoms with Gasteiger partial charge in [-0.1, -0.05) is 6.07 Å². The summed E-state index contributed by atoms with van der Waals surface area (Å²) in [5.41, 5.74) is 8.71. The van der Waals surface area contributed by atoms with E-state index < -0.39 is 0 Å². The van der Waals surface area contributed by atoms with Gasteiger partial charge < -0.3 is 5.73 Å². The third kappa shape index (κ3) is 2.33. The van der Waals surface area contributed by atoms with E-state index in [1.54, 1.807) is 18.0 Å². The molecule has 0 amide bonds. The van der Waals surface area contributed by atoms with Crippen LogP contribution in [0.4, 0.5) is 5.69 Å². The van der Waals surface area contributed by atoms with Crippen molar-refractivity contribution >= 4 is 17.4 Å². The van der Waals surface area contributed by atoms with Gasteiger partial charge in [0.25, 0.3) is 0 Å². The quantitative estimate of drug-likeness (QED) is 0.638. The van der Waals surface area contributed by atoms with E-state index in [9.17, 15) is 0 Å². The molecule has 0 saturated heterocycles. The average molecular weight is 231 g/mol. The predicted molar refractivity (Wildman–Crippen MR) is 66.5 cm³/mol. The lowest BCUT2D eigenvalue weighted by Crippen LogP contribution is -1.92. The molecule has 3 nitrogen and oxygen atoms in total. The molecule has 0 aliphatic carbocycles. The number of hydrogen-bond donors (Lipinski definition) is 1. The molecule has 0 aliphatic heterocycles. The van der Waals surface area contributed by atoms with E-state index in [0.29, 0.717) is 0 Å². The maximum absolute atomic E-state index is 5.85. The van der Waals surface area contributed by atoms with Gasteiger partial charge >= 0.3 is 0 Å². The van der Waals surface area contributed by atoms with Crippen LogP contribution in [0.3, 0.4) is 0 Å². The second-order valence-electron chi connectivity index (χ2n) is 3.55. The zero-order chi connectivity index (χ0) is 11.5. The van der Waals surface area contributed by atoms with Crippen LogP contribution in [-0.2, 0) is 0 Å². The normalized spacial score (nSPS) is 10.4. The minimum Gasteiger partial charge on any atom is -0.398 e. The van der Waals surface area contributed by atoms with Gasteiger partial charge in [0.1, 0.15) is 0 Å². The number of nitrogen functional groups attached to an aromatic ring is 1. The molecule has 0 unspecified atom stereocenters. The van der Waals surface area contributed by atoms with Crippen LogP contribution in [0.15, 0.2) is 40.5 Å². The second-order valence-corrected chi connectivity index (χ2v) is 4.56. The summed E-state index contributed by atoms with van der Waals surface area (Å²) in [5, 5.41) is 0.758. The maximum atomic E-state index is 5.85. The van der Waals surface area contributed by atoms with Gasteiger partial charge in [0.15, 0.2) is 5.16 Å². The Morgan fingerprint density at radius 3 is 2.75 bits per heavy atom. The Morgan fingerprint density at radius 1 is 1.19 bits per heavy atom. The summed E-state index contributed by atoms with van der Waals surface area (Å²) in [6.45, 7) is 3.96. The standard InChI is InChI=1S/C12H13N3S/c1-8-6-7-14-12(15-8)16-11-5-3-4-10(13)9(11)2/h3-7H,13H2,1-2H3. The van der Waals surface area contributed by atoms with Crippen molar-refractivity contribution in [1.29, 1.82) is 0 Å². The summed E-state index contributed by atoms with van der Waals surface area (Å²) >= 11 is 1.54. The summed E-state index contributed by atoms with van der Waals surface area (Å²) < 4.78 is 0. The van der Waals surface area contributed by atoms with E-state index in [4.69, 9.17) is 5.73 Å². The number of nitrogens with zero attached hydrogens (tertiary/aromatic N) is 2. The average Bonchev–Trinajstić information content (AvgIpc) is 2.25. The van der Waals surface area contributed by atoms with Crippen molar-refractivity contribution < 1.29 is 0 Å². The molecule has 82 valence electrons. The number of aromatic nitrogens is 2. The molecule has 1 heterocycles. The second kappa shape index (κ2) is 4.53. The number of hydrogen-bond acceptors (Lipinski definition) is 4. The number of rotatable bonds is 2. The Bertz CT molecular complexity index is 511. The third-order valence-electron chi connectivity index (χ3n) is 2.30. The Hall–Kier alpha value is -1.55. The minimum atomic E-state index is 0.758. The highest BCUT2D eigenvalue weighted by Gasteiger charge is 2.05. The van der Waals surface area contributed by atoms with Crippen molar-refractivity contribution in [2.75, 3.05) is 5.73 Å². The number of anilines is 1. The van der Waals surface area contributed by atoms with E-state index in [2.05, 4.69) is 9.97 Å². The SMILES string of the molecule is Cc1ccnc(Sc2cccc(N)c2C)n1. The van der Waals surface area contributed by atoms with Crippen LogP contribution in [0, 0.1) is 13.8 Å². The van der Waals surface area contributed by atoms with Crippen LogP contribution in [-0.4, -0.2) is 9.97 Å². The van der Waals surface area contributed by atoms with Crippen LogP contribution in [0.25, 0.3) is 0 Å². The predicted octanol–water partition coefficient (Wildman–Crippen LogP) is 2.83. The fraction of sp³-hybridized carbons (Fsp3) is 0.167. The molecule has 2 rings (SSSR count). The van der Waals surface area contributed by atoms with Crippen molar-refractivity contribution in [1.82, 2.24) is 9.97 Å². The highest BCUT2D eigenvalue weighted by atomic mass is 32.2. The first-order valence-corrected chi connectivity index (χ1v) is 5.81. The van der Waals surface area contributed by atoms with Gasteiger partial charge in [-0.25, -0.2) is 9.97 Å². The first-order chi connectivity index (χ1) is 7.66. The number of nitrogens with two attached hydrogens (primary N) is 1. The van der Waals surface area contributed by atoms with Crippen molar-refractivity contribution in [2.45, 2.75) is 23.9 Å². The van der Waals surface area contributed by atoms with Gasteiger partial charge in [0.05, 0.1) is 0 Å². The summed E-state index contributed by atoms with van der Waals surface area (Å²) in [5.74, 6) is 0. The van der Waals surface area contributed by atoms with Crippen LogP contribution in [0.2, 0.25) is 0 Å². The number of benzene rings is 1. The highest BCUT2D eigenvalue weighted by molar-refractivity contribution is 7.99. The fourth-order valence-electron chi connectivity index (χ4n) is 1.32. The Labute approximate surface area is 99.1 Å². The minimum absolute atomic E-state index is 0.758. The summed E-state index contributed by atoms with van der Waals surface area (Å²) in [6.07, 6.45) is 1.77. The lowest BCUT2D eigenvalue weighted by molar-refractivity contribution is 0.931. The van der Waals surface area contributed by atoms with Crippen molar-refractivity contribution in [2.24, 2.45) is 0 Å². The number of aryl methyl sites for hydroxylation is 1. The van der Waals surface area contributed by atoms with E-state index in [1.807, 2.05) is 38.1 Å². The van der Waals surface area contributed by atoms with Gasteiger partial charge in [-0.2, -0.15) is 0 Å². The molecule has 0 spiro atoms. The van der Waals surface area contributed by atoms with Crippen molar-refractivity contribution in [3.8, 4) is 0 Å². The summed E-state index contributed by atoms with van der Waals surface area (Å²) in [4.78, 5) is 9.67. The lowest BCUT2D eigenvalue weighted by atomic mass is 10.2. The van der Waals surface area contributed by atoms with Gasteiger partial charge in [0, 0.05) is 22.5 Å². The van der Waals surface area contributed by atoms with E-state index in [-0.39, 0.29) is 0 Å². The molecule has 0 bridgehead atoms. The Morgan fingerprint density at radius 2 is 2.00 bits per heavy atom. The van der Waals surface area contributed by atoms with Gasteiger partial charge in [-0.05, 0) is 49.4 Å². The van der Waals surface area contributed by atoms with Crippen molar-refractivity contribution in [3.05, 3.63) is 41.7 Å². The van der Waals surface area contributed by atoms with Gasteiger partial charge in [-0.15, -0.1) is 0 Å². The molecule has 4 heteroatoms. The Kier molecular flexibility index (Phi) is 3.10. The highest BCUT2D eigenvalue weighted by Crippen LogP contribution is 2.30. The molecular formula is C12H13N3S. The molecular weight excluding hydrogens is 218 g/mol. The smallest absolute Gasteiger partial charge is 0.192 e. The largest absolute Gasteiger partial charge is 0.398 e. The fourth-order valence-corrected chi connectivity index (χ4v) is 2.23. The van der Waals surface area contributed by atoms with E-state index >= 15 is 0 Å². The molecule has 16 heavy (non-hydrogen) atoms. The molecule has 2 aromatic rings. The molecule has 0 fully saturated rings. The molecule has 0 aliphatic rings. The first kappa shape index (κ1) is 11.0. The molecule has 0 radical (unpaired) electrons. The zero-order valence-electron chi connectivity index (χ0n) is 9.27. The molecule has 2 N–H and O–H groups in total. The van der Waals surface area contributed by atoms with Crippen LogP contribution in [0.5, 0.6) is 0 Å². The molecule has 0 atom stereocenters. The first-order valence-electron chi connectivity index (χ1n) is 4.99. The van der Waals surface area contributed by atoms with Crippen LogP contribution >= 0.6 is 11.8 Å². The summed E-state index contributed by atoms with van der Waals surface area (Å²) in [6, 6.07) is 7.76. The van der Waals surface area contributed by atoms with Gasteiger partial charge in [-0.3, -0.25) is 0 Å². The maximum Gasteiger partial charge on any atom is 0.192 e. The topological polar surface area (TPSA) is 51.8 Å². The van der Waals surface area contributed by atoms with E-state index in [0.717, 1.165) is 27.0 Å². The monoisotopic (exact) mass is 231 g/mol. The van der Waals surface area contributed by atoms with Gasteiger partial charge in [0.2, 0.25) is 0 Å². The Balaban J connectivity index is 2.31. The van der Waals surface area contributed by atoms with Crippen LogP contribution in [0.1, 0.15) is 11.3 Å². The molecule has 1 aromatic carbocycles. The lowest BCUT2D eigenvalue weighted by Gasteiger charge is -2.06. The zero-order valence-corrected chi connectivity index (χ0v) is 10.1. The molecule has 1 aromatic heterocycles. The van der Waals surface area contributed by atoms with E-state index in [1.165, 1.54) is 0 Å².